The van der Waals surface area contributed by atoms with E-state index in [0.29, 0.717) is 0 Å². The van der Waals surface area contributed by atoms with Crippen LogP contribution >= 0.6 is 15.9 Å². The van der Waals surface area contributed by atoms with Crippen molar-refractivity contribution in [3.05, 3.63) is 34.3 Å². The molecule has 100 valence electrons. The van der Waals surface area contributed by atoms with Gasteiger partial charge in [-0.1, -0.05) is 34.5 Å². The van der Waals surface area contributed by atoms with Crippen molar-refractivity contribution in [3.8, 4) is 0 Å². The zero-order valence-corrected chi connectivity index (χ0v) is 12.5. The Labute approximate surface area is 119 Å². The number of benzene rings is 1. The third-order valence-electron chi connectivity index (χ3n) is 3.59. The van der Waals surface area contributed by atoms with Crippen molar-refractivity contribution in [3.63, 3.8) is 0 Å². The maximum atomic E-state index is 3.59. The largest absolute Gasteiger partial charge is 0.316 e. The highest BCUT2D eigenvalue weighted by molar-refractivity contribution is 9.10. The smallest absolute Gasteiger partial charge is 0.0175 e. The van der Waals surface area contributed by atoms with E-state index in [1.165, 1.54) is 37.8 Å². The molecule has 0 aliphatic carbocycles. The molecule has 1 saturated heterocycles. The summed E-state index contributed by atoms with van der Waals surface area (Å²) >= 11 is 3.46. The number of nitrogens with one attached hydrogen (secondary N) is 2. The monoisotopic (exact) mass is 310 g/mol. The van der Waals surface area contributed by atoms with E-state index in [1.807, 2.05) is 0 Å². The van der Waals surface area contributed by atoms with E-state index in [1.54, 1.807) is 0 Å². The first-order valence-corrected chi connectivity index (χ1v) is 7.82. The van der Waals surface area contributed by atoms with Gasteiger partial charge >= 0.3 is 0 Å². The Kier molecular flexibility index (Phi) is 6.18. The lowest BCUT2D eigenvalue weighted by atomic mass is 10.0. The minimum Gasteiger partial charge on any atom is -0.316 e. The first kappa shape index (κ1) is 14.0. The van der Waals surface area contributed by atoms with Crippen molar-refractivity contribution in [2.24, 2.45) is 0 Å². The lowest BCUT2D eigenvalue weighted by Gasteiger charge is -2.23. The summed E-state index contributed by atoms with van der Waals surface area (Å²) in [4.78, 5) is 0. The van der Waals surface area contributed by atoms with Crippen molar-refractivity contribution in [1.82, 2.24) is 10.6 Å². The molecule has 0 aromatic heterocycles. The van der Waals surface area contributed by atoms with Gasteiger partial charge in [-0.25, -0.2) is 0 Å². The lowest BCUT2D eigenvalue weighted by molar-refractivity contribution is 0.377. The Morgan fingerprint density at radius 1 is 1.17 bits per heavy atom. The van der Waals surface area contributed by atoms with Gasteiger partial charge in [0.05, 0.1) is 0 Å². The SMILES string of the molecule is Brc1ccc(CCNCCC2CCCCN2)cc1. The van der Waals surface area contributed by atoms with E-state index in [2.05, 4.69) is 50.8 Å². The number of halogens is 1. The summed E-state index contributed by atoms with van der Waals surface area (Å²) in [7, 11) is 0. The zero-order chi connectivity index (χ0) is 12.6. The van der Waals surface area contributed by atoms with Gasteiger partial charge in [-0.05, 0) is 63.0 Å². The quantitative estimate of drug-likeness (QED) is 0.789. The maximum absolute atomic E-state index is 3.59. The van der Waals surface area contributed by atoms with E-state index in [4.69, 9.17) is 0 Å². The third kappa shape index (κ3) is 5.09. The van der Waals surface area contributed by atoms with Crippen LogP contribution in [0.5, 0.6) is 0 Å². The van der Waals surface area contributed by atoms with Crippen molar-refractivity contribution in [2.45, 2.75) is 38.1 Å². The fourth-order valence-corrected chi connectivity index (χ4v) is 2.72. The van der Waals surface area contributed by atoms with E-state index in [0.717, 1.165) is 30.0 Å². The number of hydrogen-bond donors (Lipinski definition) is 2. The first-order chi connectivity index (χ1) is 8.84. The number of piperidine rings is 1. The summed E-state index contributed by atoms with van der Waals surface area (Å²) in [5, 5.41) is 7.13. The molecule has 0 saturated carbocycles. The second-order valence-corrected chi connectivity index (χ2v) is 5.98. The van der Waals surface area contributed by atoms with Gasteiger partial charge in [0, 0.05) is 10.5 Å². The van der Waals surface area contributed by atoms with Gasteiger partial charge in [0.25, 0.3) is 0 Å². The second kappa shape index (κ2) is 7.93. The Hall–Kier alpha value is -0.380. The summed E-state index contributed by atoms with van der Waals surface area (Å²) in [6, 6.07) is 9.35. The van der Waals surface area contributed by atoms with Gasteiger partial charge in [0.2, 0.25) is 0 Å². The molecule has 0 radical (unpaired) electrons. The molecule has 1 aromatic carbocycles. The maximum Gasteiger partial charge on any atom is 0.0175 e. The minimum absolute atomic E-state index is 0.749. The summed E-state index contributed by atoms with van der Waals surface area (Å²) in [5.74, 6) is 0. The summed E-state index contributed by atoms with van der Waals surface area (Å²) in [5.41, 5.74) is 1.40. The standard InChI is InChI=1S/C15H23BrN2/c16-14-6-4-13(5-7-14)8-11-17-12-9-15-3-1-2-10-18-15/h4-7,15,17-18H,1-3,8-12H2. The average Bonchev–Trinajstić information content (AvgIpc) is 2.42. The number of rotatable bonds is 6. The van der Waals surface area contributed by atoms with Gasteiger partial charge in [-0.15, -0.1) is 0 Å². The Balaban J connectivity index is 1.54. The van der Waals surface area contributed by atoms with Gasteiger partial charge in [-0.3, -0.25) is 0 Å². The molecule has 1 aliphatic heterocycles. The molecular formula is C15H23BrN2. The van der Waals surface area contributed by atoms with Crippen LogP contribution in [0.15, 0.2) is 28.7 Å². The highest BCUT2D eigenvalue weighted by Crippen LogP contribution is 2.11. The number of hydrogen-bond acceptors (Lipinski definition) is 2. The van der Waals surface area contributed by atoms with Crippen LogP contribution in [0.1, 0.15) is 31.2 Å². The van der Waals surface area contributed by atoms with Crippen LogP contribution in [0, 0.1) is 0 Å². The van der Waals surface area contributed by atoms with Gasteiger partial charge in [0.15, 0.2) is 0 Å². The minimum atomic E-state index is 0.749. The first-order valence-electron chi connectivity index (χ1n) is 7.03. The summed E-state index contributed by atoms with van der Waals surface area (Å²) in [6.07, 6.45) is 6.49. The molecule has 1 unspecified atom stereocenters. The van der Waals surface area contributed by atoms with Crippen LogP contribution in [-0.4, -0.2) is 25.7 Å². The normalized spacial score (nSPS) is 19.9. The molecule has 1 fully saturated rings. The molecule has 2 N–H and O–H groups in total. The van der Waals surface area contributed by atoms with Crippen molar-refractivity contribution < 1.29 is 0 Å². The molecule has 1 heterocycles. The fraction of sp³-hybridized carbons (Fsp3) is 0.600. The summed E-state index contributed by atoms with van der Waals surface area (Å²) < 4.78 is 1.16. The van der Waals surface area contributed by atoms with Crippen molar-refractivity contribution in [1.29, 1.82) is 0 Å². The van der Waals surface area contributed by atoms with Gasteiger partial charge in [-0.2, -0.15) is 0 Å². The van der Waals surface area contributed by atoms with Crippen LogP contribution in [0.4, 0.5) is 0 Å². The second-order valence-electron chi connectivity index (χ2n) is 5.06. The highest BCUT2D eigenvalue weighted by Gasteiger charge is 2.11. The molecule has 2 rings (SSSR count). The zero-order valence-electron chi connectivity index (χ0n) is 10.9. The van der Waals surface area contributed by atoms with E-state index in [-0.39, 0.29) is 0 Å². The highest BCUT2D eigenvalue weighted by atomic mass is 79.9. The molecular weight excluding hydrogens is 288 g/mol. The predicted octanol–water partition coefficient (Wildman–Crippen LogP) is 3.11. The van der Waals surface area contributed by atoms with E-state index >= 15 is 0 Å². The molecule has 0 spiro atoms. The third-order valence-corrected chi connectivity index (χ3v) is 4.11. The topological polar surface area (TPSA) is 24.1 Å². The van der Waals surface area contributed by atoms with Crippen LogP contribution < -0.4 is 10.6 Å². The Morgan fingerprint density at radius 3 is 2.72 bits per heavy atom. The van der Waals surface area contributed by atoms with Crippen molar-refractivity contribution >= 4 is 15.9 Å². The van der Waals surface area contributed by atoms with Gasteiger partial charge < -0.3 is 10.6 Å². The van der Waals surface area contributed by atoms with Crippen LogP contribution in [0.25, 0.3) is 0 Å². The lowest BCUT2D eigenvalue weighted by Crippen LogP contribution is -2.36. The molecule has 3 heteroatoms. The van der Waals surface area contributed by atoms with E-state index < -0.39 is 0 Å². The molecule has 1 aromatic rings. The molecule has 1 aliphatic rings. The van der Waals surface area contributed by atoms with E-state index in [9.17, 15) is 0 Å². The van der Waals surface area contributed by atoms with Crippen LogP contribution in [0.2, 0.25) is 0 Å². The van der Waals surface area contributed by atoms with Gasteiger partial charge in [0.1, 0.15) is 0 Å². The fourth-order valence-electron chi connectivity index (χ4n) is 2.46. The molecule has 1 atom stereocenters. The predicted molar refractivity (Wildman–Crippen MR) is 81.0 cm³/mol. The average molecular weight is 311 g/mol. The summed E-state index contributed by atoms with van der Waals surface area (Å²) in [6.45, 7) is 3.42. The van der Waals surface area contributed by atoms with Crippen LogP contribution in [0.3, 0.4) is 0 Å². The molecule has 18 heavy (non-hydrogen) atoms. The molecule has 0 amide bonds. The Bertz CT molecular complexity index is 331. The molecule has 2 nitrogen and oxygen atoms in total. The molecule has 0 bridgehead atoms. The van der Waals surface area contributed by atoms with Crippen molar-refractivity contribution in [2.75, 3.05) is 19.6 Å². The van der Waals surface area contributed by atoms with Crippen LogP contribution in [-0.2, 0) is 6.42 Å². The Morgan fingerprint density at radius 2 is 2.00 bits per heavy atom.